The van der Waals surface area contributed by atoms with E-state index in [1.807, 2.05) is 6.20 Å². The Morgan fingerprint density at radius 3 is 2.72 bits per heavy atom. The van der Waals surface area contributed by atoms with Crippen molar-refractivity contribution in [1.82, 2.24) is 10.3 Å². The van der Waals surface area contributed by atoms with Gasteiger partial charge in [0.2, 0.25) is 0 Å². The predicted molar refractivity (Wildman–Crippen MR) is 81.3 cm³/mol. The first kappa shape index (κ1) is 13.6. The summed E-state index contributed by atoms with van der Waals surface area (Å²) >= 11 is 3.53. The molecule has 0 radical (unpaired) electrons. The van der Waals surface area contributed by atoms with Gasteiger partial charge in [-0.3, -0.25) is 0 Å². The standard InChI is InChI=1S/C14H18N2S2/c1-3-8-15-9-13-10-16-14(18-13)11-4-6-12(17-2)7-5-11/h4-7,10,15H,3,8-9H2,1-2H3. The molecule has 2 rings (SSSR count). The zero-order chi connectivity index (χ0) is 12.8. The number of aromatic nitrogens is 1. The highest BCUT2D eigenvalue weighted by Crippen LogP contribution is 2.26. The smallest absolute Gasteiger partial charge is 0.123 e. The largest absolute Gasteiger partial charge is 0.312 e. The molecule has 0 aliphatic heterocycles. The van der Waals surface area contributed by atoms with Crippen LogP contribution in [0.3, 0.4) is 0 Å². The Balaban J connectivity index is 2.04. The number of benzene rings is 1. The lowest BCUT2D eigenvalue weighted by molar-refractivity contribution is 0.681. The van der Waals surface area contributed by atoms with Crippen LogP contribution in [0.2, 0.25) is 0 Å². The maximum atomic E-state index is 4.49. The van der Waals surface area contributed by atoms with Crippen LogP contribution in [-0.4, -0.2) is 17.8 Å². The van der Waals surface area contributed by atoms with Gasteiger partial charge in [0.25, 0.3) is 0 Å². The normalized spacial score (nSPS) is 10.8. The zero-order valence-electron chi connectivity index (χ0n) is 10.8. The summed E-state index contributed by atoms with van der Waals surface area (Å²) in [5, 5.41) is 4.51. The first-order chi connectivity index (χ1) is 8.83. The van der Waals surface area contributed by atoms with E-state index in [-0.39, 0.29) is 0 Å². The fourth-order valence-electron chi connectivity index (χ4n) is 1.64. The highest BCUT2D eigenvalue weighted by atomic mass is 32.2. The summed E-state index contributed by atoms with van der Waals surface area (Å²) in [5.74, 6) is 0. The molecule has 1 heterocycles. The van der Waals surface area contributed by atoms with Crippen LogP contribution in [0.4, 0.5) is 0 Å². The van der Waals surface area contributed by atoms with Gasteiger partial charge in [-0.2, -0.15) is 0 Å². The van der Waals surface area contributed by atoms with Crippen LogP contribution in [0.25, 0.3) is 10.6 Å². The van der Waals surface area contributed by atoms with Crippen molar-refractivity contribution >= 4 is 23.1 Å². The summed E-state index contributed by atoms with van der Waals surface area (Å²) < 4.78 is 0. The van der Waals surface area contributed by atoms with Crippen LogP contribution in [0.15, 0.2) is 35.4 Å². The Labute approximate surface area is 117 Å². The lowest BCUT2D eigenvalue weighted by Gasteiger charge is -1.99. The Hall–Kier alpha value is -0.840. The van der Waals surface area contributed by atoms with Crippen LogP contribution < -0.4 is 5.32 Å². The Kier molecular flexibility index (Phi) is 5.23. The lowest BCUT2D eigenvalue weighted by atomic mass is 10.2. The average molecular weight is 278 g/mol. The minimum absolute atomic E-state index is 0.925. The van der Waals surface area contributed by atoms with E-state index in [1.54, 1.807) is 23.1 Å². The number of thiazole rings is 1. The molecule has 4 heteroatoms. The fourth-order valence-corrected chi connectivity index (χ4v) is 2.94. The number of hydrogen-bond donors (Lipinski definition) is 1. The third-order valence-corrected chi connectivity index (χ3v) is 4.41. The van der Waals surface area contributed by atoms with Crippen molar-refractivity contribution in [3.05, 3.63) is 35.3 Å². The van der Waals surface area contributed by atoms with Gasteiger partial charge >= 0.3 is 0 Å². The van der Waals surface area contributed by atoms with E-state index >= 15 is 0 Å². The first-order valence-corrected chi connectivity index (χ1v) is 8.17. The maximum Gasteiger partial charge on any atom is 0.123 e. The molecular formula is C14H18N2S2. The Morgan fingerprint density at radius 1 is 1.28 bits per heavy atom. The molecule has 0 amide bonds. The molecule has 0 saturated carbocycles. The quantitative estimate of drug-likeness (QED) is 0.638. The zero-order valence-corrected chi connectivity index (χ0v) is 12.4. The summed E-state index contributed by atoms with van der Waals surface area (Å²) in [5.41, 5.74) is 1.21. The van der Waals surface area contributed by atoms with Crippen molar-refractivity contribution in [2.24, 2.45) is 0 Å². The summed E-state index contributed by atoms with van der Waals surface area (Å²) in [6.07, 6.45) is 5.24. The molecule has 2 aromatic rings. The van der Waals surface area contributed by atoms with E-state index in [2.05, 4.69) is 47.7 Å². The summed E-state index contributed by atoms with van der Waals surface area (Å²) in [4.78, 5) is 7.08. The molecule has 0 spiro atoms. The monoisotopic (exact) mass is 278 g/mol. The minimum Gasteiger partial charge on any atom is -0.312 e. The van der Waals surface area contributed by atoms with Crippen LogP contribution in [0, 0.1) is 0 Å². The summed E-state index contributed by atoms with van der Waals surface area (Å²) in [6, 6.07) is 8.59. The second-order valence-corrected chi connectivity index (χ2v) is 6.03. The molecule has 1 aromatic heterocycles. The molecule has 0 unspecified atom stereocenters. The second kappa shape index (κ2) is 6.92. The summed E-state index contributed by atoms with van der Waals surface area (Å²) in [7, 11) is 0. The van der Waals surface area contributed by atoms with E-state index < -0.39 is 0 Å². The van der Waals surface area contributed by atoms with Crippen LogP contribution in [-0.2, 0) is 6.54 Å². The van der Waals surface area contributed by atoms with E-state index in [0.717, 1.165) is 18.1 Å². The van der Waals surface area contributed by atoms with E-state index in [0.29, 0.717) is 0 Å². The van der Waals surface area contributed by atoms with Gasteiger partial charge in [0, 0.05) is 28.1 Å². The third-order valence-electron chi connectivity index (χ3n) is 2.62. The average Bonchev–Trinajstić information content (AvgIpc) is 2.88. The number of nitrogens with zero attached hydrogens (tertiary/aromatic N) is 1. The van der Waals surface area contributed by atoms with Crippen molar-refractivity contribution in [3.8, 4) is 10.6 Å². The molecule has 2 nitrogen and oxygen atoms in total. The van der Waals surface area contributed by atoms with Crippen molar-refractivity contribution in [1.29, 1.82) is 0 Å². The SMILES string of the molecule is CCCNCc1cnc(-c2ccc(SC)cc2)s1. The second-order valence-electron chi connectivity index (χ2n) is 4.04. The molecule has 18 heavy (non-hydrogen) atoms. The molecule has 0 saturated heterocycles. The van der Waals surface area contributed by atoms with Crippen LogP contribution >= 0.6 is 23.1 Å². The Bertz CT molecular complexity index is 477. The van der Waals surface area contributed by atoms with Gasteiger partial charge in [-0.05, 0) is 31.4 Å². The topological polar surface area (TPSA) is 24.9 Å². The van der Waals surface area contributed by atoms with Gasteiger partial charge in [-0.25, -0.2) is 4.98 Å². The van der Waals surface area contributed by atoms with Crippen LogP contribution in [0.1, 0.15) is 18.2 Å². The highest BCUT2D eigenvalue weighted by Gasteiger charge is 2.04. The third kappa shape index (κ3) is 3.57. The molecule has 1 aromatic carbocycles. The molecule has 0 atom stereocenters. The van der Waals surface area contributed by atoms with Gasteiger partial charge in [0.05, 0.1) is 0 Å². The fraction of sp³-hybridized carbons (Fsp3) is 0.357. The number of nitrogens with one attached hydrogen (secondary N) is 1. The van der Waals surface area contributed by atoms with Gasteiger partial charge in [-0.15, -0.1) is 23.1 Å². The molecule has 0 aliphatic carbocycles. The summed E-state index contributed by atoms with van der Waals surface area (Å²) in [6.45, 7) is 4.17. The van der Waals surface area contributed by atoms with Crippen molar-refractivity contribution in [2.75, 3.05) is 12.8 Å². The van der Waals surface area contributed by atoms with Gasteiger partial charge < -0.3 is 5.32 Å². The van der Waals surface area contributed by atoms with Gasteiger partial charge in [-0.1, -0.05) is 19.1 Å². The Morgan fingerprint density at radius 2 is 2.06 bits per heavy atom. The predicted octanol–water partition coefficient (Wildman–Crippen LogP) is 4.03. The van der Waals surface area contributed by atoms with Crippen molar-refractivity contribution < 1.29 is 0 Å². The number of hydrogen-bond acceptors (Lipinski definition) is 4. The van der Waals surface area contributed by atoms with Crippen molar-refractivity contribution in [3.63, 3.8) is 0 Å². The van der Waals surface area contributed by atoms with E-state index in [4.69, 9.17) is 0 Å². The van der Waals surface area contributed by atoms with E-state index in [9.17, 15) is 0 Å². The maximum absolute atomic E-state index is 4.49. The minimum atomic E-state index is 0.925. The molecule has 96 valence electrons. The molecular weight excluding hydrogens is 260 g/mol. The highest BCUT2D eigenvalue weighted by molar-refractivity contribution is 7.98. The van der Waals surface area contributed by atoms with Crippen molar-refractivity contribution in [2.45, 2.75) is 24.8 Å². The first-order valence-electron chi connectivity index (χ1n) is 6.13. The molecule has 0 bridgehead atoms. The van der Waals surface area contributed by atoms with Gasteiger partial charge in [0.15, 0.2) is 0 Å². The number of rotatable bonds is 6. The van der Waals surface area contributed by atoms with Crippen LogP contribution in [0.5, 0.6) is 0 Å². The number of thioether (sulfide) groups is 1. The molecule has 1 N–H and O–H groups in total. The van der Waals surface area contributed by atoms with Gasteiger partial charge in [0.1, 0.15) is 5.01 Å². The molecule has 0 fully saturated rings. The molecule has 0 aliphatic rings. The lowest BCUT2D eigenvalue weighted by Crippen LogP contribution is -2.12. The van der Waals surface area contributed by atoms with E-state index in [1.165, 1.54) is 21.8 Å².